The average molecular weight is 297 g/mol. The van der Waals surface area contributed by atoms with Gasteiger partial charge in [0.25, 0.3) is 5.91 Å². The minimum Gasteiger partial charge on any atom is -0.348 e. The summed E-state index contributed by atoms with van der Waals surface area (Å²) >= 11 is 3.35. The number of carbonyl (C=O) groups excluding carboxylic acids is 1. The number of aromatic nitrogens is 1. The summed E-state index contributed by atoms with van der Waals surface area (Å²) in [6.07, 6.45) is 6.67. The Kier molecular flexibility index (Phi) is 4.15. The van der Waals surface area contributed by atoms with E-state index in [0.29, 0.717) is 11.6 Å². The molecule has 1 aromatic heterocycles. The fourth-order valence-electron chi connectivity index (χ4n) is 2.40. The minimum absolute atomic E-state index is 0.0862. The maximum absolute atomic E-state index is 12.0. The van der Waals surface area contributed by atoms with Gasteiger partial charge in [0.2, 0.25) is 0 Å². The number of hydrogen-bond acceptors (Lipinski definition) is 2. The van der Waals surface area contributed by atoms with E-state index in [9.17, 15) is 4.79 Å². The van der Waals surface area contributed by atoms with E-state index < -0.39 is 0 Å². The Morgan fingerprint density at radius 3 is 2.88 bits per heavy atom. The lowest BCUT2D eigenvalue weighted by atomic mass is 10.00. The van der Waals surface area contributed by atoms with Crippen molar-refractivity contribution in [3.8, 4) is 0 Å². The highest BCUT2D eigenvalue weighted by molar-refractivity contribution is 9.10. The quantitative estimate of drug-likeness (QED) is 0.931. The van der Waals surface area contributed by atoms with Gasteiger partial charge in [-0.25, -0.2) is 4.98 Å². The van der Waals surface area contributed by atoms with Crippen LogP contribution in [0, 0.1) is 5.92 Å². The molecule has 17 heavy (non-hydrogen) atoms. The fourth-order valence-corrected chi connectivity index (χ4v) is 2.84. The first-order chi connectivity index (χ1) is 8.18. The second-order valence-electron chi connectivity index (χ2n) is 4.64. The van der Waals surface area contributed by atoms with Crippen molar-refractivity contribution < 1.29 is 4.79 Å². The van der Waals surface area contributed by atoms with Gasteiger partial charge in [0, 0.05) is 16.7 Å². The Labute approximate surface area is 110 Å². The van der Waals surface area contributed by atoms with E-state index in [1.807, 2.05) is 6.07 Å². The van der Waals surface area contributed by atoms with E-state index in [4.69, 9.17) is 0 Å². The first kappa shape index (κ1) is 12.6. The molecule has 0 aliphatic heterocycles. The van der Waals surface area contributed by atoms with Gasteiger partial charge in [-0.3, -0.25) is 4.79 Å². The van der Waals surface area contributed by atoms with Crippen LogP contribution in [0.25, 0.3) is 0 Å². The standard InChI is InChI=1S/C13H17BrN2O/c1-9(10-5-2-3-6-10)16-13(17)12-11(14)7-4-8-15-12/h4,7-10H,2-3,5-6H2,1H3,(H,16,17). The Balaban J connectivity index is 1.99. The number of nitrogens with one attached hydrogen (secondary N) is 1. The third-order valence-corrected chi connectivity index (χ3v) is 4.08. The fraction of sp³-hybridized carbons (Fsp3) is 0.538. The van der Waals surface area contributed by atoms with E-state index in [1.54, 1.807) is 12.3 Å². The van der Waals surface area contributed by atoms with Gasteiger partial charge in [0.1, 0.15) is 5.69 Å². The molecule has 4 heteroatoms. The Morgan fingerprint density at radius 1 is 1.53 bits per heavy atom. The predicted molar refractivity (Wildman–Crippen MR) is 70.8 cm³/mol. The number of nitrogens with zero attached hydrogens (tertiary/aromatic N) is 1. The van der Waals surface area contributed by atoms with Crippen LogP contribution in [0.4, 0.5) is 0 Å². The molecule has 1 heterocycles. The molecule has 3 nitrogen and oxygen atoms in total. The van der Waals surface area contributed by atoms with Crippen molar-refractivity contribution in [2.24, 2.45) is 5.92 Å². The van der Waals surface area contributed by atoms with Crippen molar-refractivity contribution in [1.82, 2.24) is 10.3 Å². The van der Waals surface area contributed by atoms with Crippen LogP contribution in [-0.2, 0) is 0 Å². The summed E-state index contributed by atoms with van der Waals surface area (Å²) in [5, 5.41) is 3.05. The zero-order valence-electron chi connectivity index (χ0n) is 9.95. The maximum Gasteiger partial charge on any atom is 0.271 e. The number of hydrogen-bond donors (Lipinski definition) is 1. The van der Waals surface area contributed by atoms with Crippen molar-refractivity contribution in [3.63, 3.8) is 0 Å². The van der Waals surface area contributed by atoms with Gasteiger partial charge in [-0.1, -0.05) is 12.8 Å². The monoisotopic (exact) mass is 296 g/mol. The van der Waals surface area contributed by atoms with Crippen LogP contribution >= 0.6 is 15.9 Å². The minimum atomic E-state index is -0.0862. The van der Waals surface area contributed by atoms with E-state index in [2.05, 4.69) is 33.2 Å². The number of rotatable bonds is 3. The average Bonchev–Trinajstić information content (AvgIpc) is 2.82. The second-order valence-corrected chi connectivity index (χ2v) is 5.49. The smallest absolute Gasteiger partial charge is 0.271 e. The molecule has 2 rings (SSSR count). The largest absolute Gasteiger partial charge is 0.348 e. The molecule has 1 aliphatic rings. The third kappa shape index (κ3) is 3.06. The van der Waals surface area contributed by atoms with E-state index in [0.717, 1.165) is 4.47 Å². The van der Waals surface area contributed by atoms with Crippen LogP contribution in [0.5, 0.6) is 0 Å². The summed E-state index contributed by atoms with van der Waals surface area (Å²) in [5.41, 5.74) is 0.470. The van der Waals surface area contributed by atoms with Crippen LogP contribution in [0.2, 0.25) is 0 Å². The zero-order valence-corrected chi connectivity index (χ0v) is 11.5. The first-order valence-corrected chi connectivity index (χ1v) is 6.89. The van der Waals surface area contributed by atoms with E-state index >= 15 is 0 Å². The lowest BCUT2D eigenvalue weighted by molar-refractivity contribution is 0.0921. The van der Waals surface area contributed by atoms with Gasteiger partial charge >= 0.3 is 0 Å². The second kappa shape index (κ2) is 5.63. The summed E-state index contributed by atoms with van der Waals surface area (Å²) in [7, 11) is 0. The van der Waals surface area contributed by atoms with Crippen molar-refractivity contribution >= 4 is 21.8 Å². The molecule has 0 spiro atoms. The van der Waals surface area contributed by atoms with Gasteiger partial charge in [0.05, 0.1) is 0 Å². The molecule has 1 fully saturated rings. The molecule has 1 saturated carbocycles. The van der Waals surface area contributed by atoms with Crippen LogP contribution in [0.1, 0.15) is 43.1 Å². The molecule has 0 aromatic carbocycles. The van der Waals surface area contributed by atoms with Gasteiger partial charge in [-0.15, -0.1) is 0 Å². The molecule has 1 unspecified atom stereocenters. The van der Waals surface area contributed by atoms with Crippen molar-refractivity contribution in [3.05, 3.63) is 28.5 Å². The van der Waals surface area contributed by atoms with Crippen molar-refractivity contribution in [1.29, 1.82) is 0 Å². The van der Waals surface area contributed by atoms with Gasteiger partial charge in [-0.2, -0.15) is 0 Å². The van der Waals surface area contributed by atoms with E-state index in [1.165, 1.54) is 25.7 Å². The summed E-state index contributed by atoms with van der Waals surface area (Å²) in [6.45, 7) is 2.09. The van der Waals surface area contributed by atoms with Crippen LogP contribution in [0.3, 0.4) is 0 Å². The van der Waals surface area contributed by atoms with Crippen LogP contribution in [-0.4, -0.2) is 16.9 Å². The molecule has 1 aliphatic carbocycles. The summed E-state index contributed by atoms with van der Waals surface area (Å²) in [4.78, 5) is 16.1. The molecule has 92 valence electrons. The lowest BCUT2D eigenvalue weighted by Crippen LogP contribution is -2.37. The third-order valence-electron chi connectivity index (χ3n) is 3.44. The first-order valence-electron chi connectivity index (χ1n) is 6.10. The van der Waals surface area contributed by atoms with Crippen LogP contribution < -0.4 is 5.32 Å². The van der Waals surface area contributed by atoms with Gasteiger partial charge in [-0.05, 0) is 53.7 Å². The lowest BCUT2D eigenvalue weighted by Gasteiger charge is -2.20. The Morgan fingerprint density at radius 2 is 2.24 bits per heavy atom. The molecule has 1 amide bonds. The normalized spacial score (nSPS) is 18.0. The Bertz CT molecular complexity index is 402. The number of pyridine rings is 1. The highest BCUT2D eigenvalue weighted by atomic mass is 79.9. The van der Waals surface area contributed by atoms with Gasteiger partial charge in [0.15, 0.2) is 0 Å². The zero-order chi connectivity index (χ0) is 12.3. The SMILES string of the molecule is CC(NC(=O)c1ncccc1Br)C1CCCC1. The number of halogens is 1. The topological polar surface area (TPSA) is 42.0 Å². The molecule has 0 radical (unpaired) electrons. The summed E-state index contributed by atoms with van der Waals surface area (Å²) in [6, 6.07) is 3.88. The molecule has 0 bridgehead atoms. The van der Waals surface area contributed by atoms with Gasteiger partial charge < -0.3 is 5.32 Å². The molecule has 0 saturated heterocycles. The summed E-state index contributed by atoms with van der Waals surface area (Å²) < 4.78 is 0.746. The number of carbonyl (C=O) groups is 1. The highest BCUT2D eigenvalue weighted by Crippen LogP contribution is 2.27. The molecular formula is C13H17BrN2O. The predicted octanol–water partition coefficient (Wildman–Crippen LogP) is 3.15. The molecule has 1 aromatic rings. The highest BCUT2D eigenvalue weighted by Gasteiger charge is 2.23. The Hall–Kier alpha value is -0.900. The van der Waals surface area contributed by atoms with E-state index in [-0.39, 0.29) is 11.9 Å². The molecular weight excluding hydrogens is 280 g/mol. The molecule has 1 atom stereocenters. The number of amides is 1. The maximum atomic E-state index is 12.0. The summed E-state index contributed by atoms with van der Waals surface area (Å²) in [5.74, 6) is 0.540. The van der Waals surface area contributed by atoms with Crippen molar-refractivity contribution in [2.75, 3.05) is 0 Å². The van der Waals surface area contributed by atoms with Crippen molar-refractivity contribution in [2.45, 2.75) is 38.6 Å². The molecule has 1 N–H and O–H groups in total. The van der Waals surface area contributed by atoms with Crippen LogP contribution in [0.15, 0.2) is 22.8 Å².